The molecule has 1 heterocycles. The summed E-state index contributed by atoms with van der Waals surface area (Å²) in [4.78, 5) is 2.60. The highest BCUT2D eigenvalue weighted by atomic mass is 16.5. The third kappa shape index (κ3) is 3.39. The summed E-state index contributed by atoms with van der Waals surface area (Å²) in [5.74, 6) is 1.53. The molecule has 2 aliphatic rings. The number of ether oxygens (including phenoxy) is 1. The molecule has 22 heavy (non-hydrogen) atoms. The first kappa shape index (κ1) is 15.6. The van der Waals surface area contributed by atoms with Crippen LogP contribution in [0.1, 0.15) is 43.7 Å². The topological polar surface area (TPSA) is 44.7 Å². The average Bonchev–Trinajstić information content (AvgIpc) is 2.57. The molecule has 3 rings (SSSR count). The van der Waals surface area contributed by atoms with Crippen molar-refractivity contribution in [1.82, 2.24) is 10.2 Å². The van der Waals surface area contributed by atoms with Gasteiger partial charge in [-0.2, -0.15) is 0 Å². The molecule has 2 fully saturated rings. The number of hydrogen-bond acceptors (Lipinski definition) is 4. The Morgan fingerprint density at radius 2 is 1.91 bits per heavy atom. The Morgan fingerprint density at radius 3 is 2.55 bits per heavy atom. The third-order valence-corrected chi connectivity index (χ3v) is 5.19. The number of methoxy groups -OCH3 is 1. The van der Waals surface area contributed by atoms with E-state index in [-0.39, 0.29) is 5.75 Å². The summed E-state index contributed by atoms with van der Waals surface area (Å²) in [5, 5.41) is 13.6. The largest absolute Gasteiger partial charge is 0.504 e. The van der Waals surface area contributed by atoms with Gasteiger partial charge in [0.05, 0.1) is 7.11 Å². The van der Waals surface area contributed by atoms with Gasteiger partial charge in [0.2, 0.25) is 0 Å². The van der Waals surface area contributed by atoms with Gasteiger partial charge < -0.3 is 15.2 Å². The van der Waals surface area contributed by atoms with Crippen LogP contribution in [-0.4, -0.2) is 43.3 Å². The SMILES string of the molecule is COc1ccc([C@@H](C2CCCCC2)N2CCNCC2)cc1O. The normalized spacial score (nSPS) is 22.4. The van der Waals surface area contributed by atoms with Gasteiger partial charge >= 0.3 is 0 Å². The second-order valence-electron chi connectivity index (χ2n) is 6.56. The maximum Gasteiger partial charge on any atom is 0.160 e. The van der Waals surface area contributed by atoms with Crippen molar-refractivity contribution in [3.05, 3.63) is 23.8 Å². The van der Waals surface area contributed by atoms with Crippen LogP contribution in [0.25, 0.3) is 0 Å². The second kappa shape index (κ2) is 7.34. The van der Waals surface area contributed by atoms with Crippen molar-refractivity contribution in [1.29, 1.82) is 0 Å². The molecule has 0 radical (unpaired) electrons. The standard InChI is InChI=1S/C18H28N2O2/c1-22-17-8-7-15(13-16(17)21)18(14-5-3-2-4-6-14)20-11-9-19-10-12-20/h7-8,13-14,18-19,21H,2-6,9-12H2,1H3/t18-/m1/s1. The summed E-state index contributed by atoms with van der Waals surface area (Å²) in [6, 6.07) is 6.39. The number of rotatable bonds is 4. The van der Waals surface area contributed by atoms with E-state index in [0.29, 0.717) is 17.7 Å². The molecule has 122 valence electrons. The van der Waals surface area contributed by atoms with Crippen molar-refractivity contribution in [2.45, 2.75) is 38.1 Å². The number of aromatic hydroxyl groups is 1. The minimum Gasteiger partial charge on any atom is -0.504 e. The van der Waals surface area contributed by atoms with E-state index in [1.165, 1.54) is 37.7 Å². The fourth-order valence-corrected chi connectivity index (χ4v) is 4.08. The Kier molecular flexibility index (Phi) is 5.21. The summed E-state index contributed by atoms with van der Waals surface area (Å²) < 4.78 is 5.20. The zero-order valence-electron chi connectivity index (χ0n) is 13.6. The van der Waals surface area contributed by atoms with Gasteiger partial charge in [0.15, 0.2) is 11.5 Å². The summed E-state index contributed by atoms with van der Waals surface area (Å²) >= 11 is 0. The van der Waals surface area contributed by atoms with E-state index in [0.717, 1.165) is 26.2 Å². The maximum atomic E-state index is 10.2. The molecule has 1 aromatic carbocycles. The van der Waals surface area contributed by atoms with E-state index in [1.807, 2.05) is 12.1 Å². The molecule has 0 aromatic heterocycles. The van der Waals surface area contributed by atoms with Crippen molar-refractivity contribution in [3.63, 3.8) is 0 Å². The van der Waals surface area contributed by atoms with Gasteiger partial charge in [0, 0.05) is 32.2 Å². The second-order valence-corrected chi connectivity index (χ2v) is 6.56. The molecule has 2 N–H and O–H groups in total. The van der Waals surface area contributed by atoms with Crippen molar-refractivity contribution >= 4 is 0 Å². The number of hydrogen-bond donors (Lipinski definition) is 2. The molecule has 0 unspecified atom stereocenters. The van der Waals surface area contributed by atoms with E-state index in [2.05, 4.69) is 16.3 Å². The first-order chi connectivity index (χ1) is 10.8. The number of nitrogens with one attached hydrogen (secondary N) is 1. The van der Waals surface area contributed by atoms with Gasteiger partial charge in [-0.05, 0) is 36.5 Å². The van der Waals surface area contributed by atoms with Crippen LogP contribution < -0.4 is 10.1 Å². The van der Waals surface area contributed by atoms with Crippen LogP contribution in [0.15, 0.2) is 18.2 Å². The van der Waals surface area contributed by atoms with Crippen LogP contribution in [0.2, 0.25) is 0 Å². The van der Waals surface area contributed by atoms with Crippen LogP contribution in [0.4, 0.5) is 0 Å². The van der Waals surface area contributed by atoms with Crippen molar-refractivity contribution in [2.24, 2.45) is 5.92 Å². The van der Waals surface area contributed by atoms with E-state index < -0.39 is 0 Å². The minimum absolute atomic E-state index is 0.260. The van der Waals surface area contributed by atoms with Gasteiger partial charge in [0.1, 0.15) is 0 Å². The monoisotopic (exact) mass is 304 g/mol. The predicted octanol–water partition coefficient (Wildman–Crippen LogP) is 2.93. The minimum atomic E-state index is 0.260. The lowest BCUT2D eigenvalue weighted by Crippen LogP contribution is -2.47. The van der Waals surface area contributed by atoms with Gasteiger partial charge in [-0.15, -0.1) is 0 Å². The number of phenolic OH excluding ortho intramolecular Hbond substituents is 1. The lowest BCUT2D eigenvalue weighted by atomic mass is 9.80. The number of benzene rings is 1. The molecule has 1 aliphatic heterocycles. The van der Waals surface area contributed by atoms with Crippen LogP contribution in [0.3, 0.4) is 0 Å². The molecule has 4 heteroatoms. The Balaban J connectivity index is 1.87. The van der Waals surface area contributed by atoms with Crippen molar-refractivity contribution in [2.75, 3.05) is 33.3 Å². The zero-order chi connectivity index (χ0) is 15.4. The fourth-order valence-electron chi connectivity index (χ4n) is 4.08. The molecule has 4 nitrogen and oxygen atoms in total. The number of phenols is 1. The zero-order valence-corrected chi connectivity index (χ0v) is 13.6. The molecule has 1 aromatic rings. The molecule has 1 saturated carbocycles. The lowest BCUT2D eigenvalue weighted by Gasteiger charge is -2.41. The quantitative estimate of drug-likeness (QED) is 0.898. The van der Waals surface area contributed by atoms with Gasteiger partial charge in [-0.1, -0.05) is 25.3 Å². The van der Waals surface area contributed by atoms with Crippen LogP contribution in [-0.2, 0) is 0 Å². The van der Waals surface area contributed by atoms with Crippen molar-refractivity contribution < 1.29 is 9.84 Å². The number of nitrogens with zero attached hydrogens (tertiary/aromatic N) is 1. The van der Waals surface area contributed by atoms with Crippen LogP contribution in [0.5, 0.6) is 11.5 Å². The fraction of sp³-hybridized carbons (Fsp3) is 0.667. The Morgan fingerprint density at radius 1 is 1.18 bits per heavy atom. The lowest BCUT2D eigenvalue weighted by molar-refractivity contribution is 0.103. The highest BCUT2D eigenvalue weighted by molar-refractivity contribution is 5.42. The summed E-state index contributed by atoms with van der Waals surface area (Å²) in [5.41, 5.74) is 1.24. The third-order valence-electron chi connectivity index (χ3n) is 5.19. The molecule has 0 spiro atoms. The van der Waals surface area contributed by atoms with Crippen molar-refractivity contribution in [3.8, 4) is 11.5 Å². The molecular weight excluding hydrogens is 276 g/mol. The van der Waals surface area contributed by atoms with Crippen LogP contribution in [0, 0.1) is 5.92 Å². The summed E-state index contributed by atoms with van der Waals surface area (Å²) in [7, 11) is 1.60. The van der Waals surface area contributed by atoms with Gasteiger partial charge in [0.25, 0.3) is 0 Å². The maximum absolute atomic E-state index is 10.2. The van der Waals surface area contributed by atoms with E-state index >= 15 is 0 Å². The highest BCUT2D eigenvalue weighted by Gasteiger charge is 2.31. The van der Waals surface area contributed by atoms with E-state index in [1.54, 1.807) is 7.11 Å². The van der Waals surface area contributed by atoms with E-state index in [9.17, 15) is 5.11 Å². The summed E-state index contributed by atoms with van der Waals surface area (Å²) in [6.07, 6.45) is 6.67. The molecule has 1 atom stereocenters. The molecular formula is C18H28N2O2. The molecule has 0 bridgehead atoms. The smallest absolute Gasteiger partial charge is 0.160 e. The molecule has 0 amide bonds. The predicted molar refractivity (Wildman–Crippen MR) is 88.4 cm³/mol. The van der Waals surface area contributed by atoms with Crippen LogP contribution >= 0.6 is 0 Å². The first-order valence-corrected chi connectivity index (χ1v) is 8.61. The Bertz CT molecular complexity index is 462. The van der Waals surface area contributed by atoms with Gasteiger partial charge in [-0.3, -0.25) is 4.90 Å². The Labute approximate surface area is 133 Å². The van der Waals surface area contributed by atoms with E-state index in [4.69, 9.17) is 4.74 Å². The molecule has 1 aliphatic carbocycles. The molecule has 1 saturated heterocycles. The summed E-state index contributed by atoms with van der Waals surface area (Å²) in [6.45, 7) is 4.30. The average molecular weight is 304 g/mol. The van der Waals surface area contributed by atoms with Gasteiger partial charge in [-0.25, -0.2) is 0 Å². The highest BCUT2D eigenvalue weighted by Crippen LogP contribution is 2.40. The number of piperazine rings is 1. The Hall–Kier alpha value is -1.26. The first-order valence-electron chi connectivity index (χ1n) is 8.61.